The van der Waals surface area contributed by atoms with Gasteiger partial charge < -0.3 is 9.30 Å². The molecule has 3 nitrogen and oxygen atoms in total. The van der Waals surface area contributed by atoms with E-state index in [0.717, 1.165) is 25.3 Å². The number of hydrogen-bond donors (Lipinski definition) is 0. The van der Waals surface area contributed by atoms with Gasteiger partial charge in [0.2, 0.25) is 0 Å². The zero-order valence-electron chi connectivity index (χ0n) is 12.0. The van der Waals surface area contributed by atoms with Crippen LogP contribution in [0.2, 0.25) is 0 Å². The fourth-order valence-corrected chi connectivity index (χ4v) is 3.09. The third kappa shape index (κ3) is 2.42. The Hall–Kier alpha value is -1.20. The fourth-order valence-electron chi connectivity index (χ4n) is 2.92. The van der Waals surface area contributed by atoms with E-state index in [9.17, 15) is 8.78 Å². The Balaban J connectivity index is 2.16. The molecule has 1 aliphatic carbocycles. The van der Waals surface area contributed by atoms with Crippen molar-refractivity contribution < 1.29 is 13.5 Å². The topological polar surface area (TPSA) is 27.1 Å². The Kier molecular flexibility index (Phi) is 3.66. The molecule has 0 saturated heterocycles. The molecule has 1 aliphatic rings. The van der Waals surface area contributed by atoms with Gasteiger partial charge in [0.05, 0.1) is 23.0 Å². The van der Waals surface area contributed by atoms with Gasteiger partial charge in [0.15, 0.2) is 5.82 Å². The van der Waals surface area contributed by atoms with Crippen LogP contribution >= 0.6 is 11.6 Å². The lowest BCUT2D eigenvalue weighted by molar-refractivity contribution is -0.0832. The summed E-state index contributed by atoms with van der Waals surface area (Å²) in [6.07, 6.45) is 2.95. The van der Waals surface area contributed by atoms with Crippen LogP contribution in [0.25, 0.3) is 11.0 Å². The van der Waals surface area contributed by atoms with E-state index in [4.69, 9.17) is 16.3 Å². The molecule has 21 heavy (non-hydrogen) atoms. The first-order chi connectivity index (χ1) is 9.96. The van der Waals surface area contributed by atoms with Gasteiger partial charge in [0.25, 0.3) is 0 Å². The SMILES string of the molecule is COC1(Cn2c(C(C)Cl)nc3c(F)cc(F)cc32)CCC1. The summed E-state index contributed by atoms with van der Waals surface area (Å²) in [6, 6.07) is 2.15. The Labute approximate surface area is 126 Å². The molecule has 0 aliphatic heterocycles. The summed E-state index contributed by atoms with van der Waals surface area (Å²) in [5.74, 6) is -0.739. The number of hydrogen-bond acceptors (Lipinski definition) is 2. The molecule has 0 radical (unpaired) electrons. The molecule has 1 aromatic heterocycles. The van der Waals surface area contributed by atoms with E-state index in [0.29, 0.717) is 17.9 Å². The molecule has 3 rings (SSSR count). The number of halogens is 3. The number of benzene rings is 1. The second kappa shape index (κ2) is 5.21. The lowest BCUT2D eigenvalue weighted by Gasteiger charge is -2.41. The van der Waals surface area contributed by atoms with Gasteiger partial charge in [-0.2, -0.15) is 0 Å². The van der Waals surface area contributed by atoms with Gasteiger partial charge in [-0.05, 0) is 32.3 Å². The molecule has 1 fully saturated rings. The lowest BCUT2D eigenvalue weighted by atomic mass is 9.80. The highest BCUT2D eigenvalue weighted by molar-refractivity contribution is 6.20. The number of methoxy groups -OCH3 is 1. The largest absolute Gasteiger partial charge is 0.376 e. The van der Waals surface area contributed by atoms with Gasteiger partial charge in [-0.1, -0.05) is 0 Å². The van der Waals surface area contributed by atoms with Crippen LogP contribution in [0.5, 0.6) is 0 Å². The number of alkyl halides is 1. The van der Waals surface area contributed by atoms with Crippen molar-refractivity contribution in [3.8, 4) is 0 Å². The maximum Gasteiger partial charge on any atom is 0.153 e. The van der Waals surface area contributed by atoms with Crippen LogP contribution < -0.4 is 0 Å². The van der Waals surface area contributed by atoms with Gasteiger partial charge in [0, 0.05) is 13.2 Å². The van der Waals surface area contributed by atoms with Crippen molar-refractivity contribution in [1.82, 2.24) is 9.55 Å². The second-order valence-corrected chi connectivity index (χ2v) is 6.32. The van der Waals surface area contributed by atoms with Crippen LogP contribution in [0, 0.1) is 11.6 Å². The number of imidazole rings is 1. The van der Waals surface area contributed by atoms with Crippen LogP contribution in [0.15, 0.2) is 12.1 Å². The Morgan fingerprint density at radius 3 is 2.67 bits per heavy atom. The number of aromatic nitrogens is 2. The predicted octanol–water partition coefficient (Wildman–Crippen LogP) is 4.18. The molecule has 114 valence electrons. The van der Waals surface area contributed by atoms with Crippen molar-refractivity contribution in [3.63, 3.8) is 0 Å². The van der Waals surface area contributed by atoms with Crippen molar-refractivity contribution in [3.05, 3.63) is 29.6 Å². The molecule has 1 atom stereocenters. The first-order valence-corrected chi connectivity index (χ1v) is 7.44. The van der Waals surface area contributed by atoms with E-state index < -0.39 is 17.0 Å². The summed E-state index contributed by atoms with van der Waals surface area (Å²) in [7, 11) is 1.67. The summed E-state index contributed by atoms with van der Waals surface area (Å²) in [5, 5.41) is -0.395. The van der Waals surface area contributed by atoms with E-state index in [-0.39, 0.29) is 11.1 Å². The minimum Gasteiger partial charge on any atom is -0.376 e. The highest BCUT2D eigenvalue weighted by Crippen LogP contribution is 2.38. The van der Waals surface area contributed by atoms with Crippen molar-refractivity contribution in [1.29, 1.82) is 0 Å². The van der Waals surface area contributed by atoms with E-state index in [1.165, 1.54) is 6.07 Å². The highest BCUT2D eigenvalue weighted by atomic mass is 35.5. The zero-order chi connectivity index (χ0) is 15.2. The minimum atomic E-state index is -0.664. The van der Waals surface area contributed by atoms with Crippen molar-refractivity contribution in [2.45, 2.75) is 43.7 Å². The highest BCUT2D eigenvalue weighted by Gasteiger charge is 2.38. The summed E-state index contributed by atoms with van der Waals surface area (Å²) in [6.45, 7) is 2.28. The molecule has 0 bridgehead atoms. The van der Waals surface area contributed by atoms with E-state index in [1.807, 2.05) is 0 Å². The molecular weight excluding hydrogens is 298 g/mol. The normalized spacial score (nSPS) is 18.7. The molecule has 1 heterocycles. The average molecular weight is 315 g/mol. The predicted molar refractivity (Wildman–Crippen MR) is 77.5 cm³/mol. The van der Waals surface area contributed by atoms with Crippen molar-refractivity contribution >= 4 is 22.6 Å². The third-order valence-corrected chi connectivity index (χ3v) is 4.50. The number of ether oxygens (including phenoxy) is 1. The first-order valence-electron chi connectivity index (χ1n) is 7.00. The molecule has 1 unspecified atom stereocenters. The standard InChI is InChI=1S/C15H17ClF2N2O/c1-9(16)14-19-13-11(18)6-10(17)7-12(13)20(14)8-15(21-2)4-3-5-15/h6-7,9H,3-5,8H2,1-2H3. The smallest absolute Gasteiger partial charge is 0.153 e. The monoisotopic (exact) mass is 314 g/mol. The van der Waals surface area contributed by atoms with Crippen LogP contribution in [-0.4, -0.2) is 22.3 Å². The van der Waals surface area contributed by atoms with Crippen LogP contribution in [0.4, 0.5) is 8.78 Å². The van der Waals surface area contributed by atoms with Crippen LogP contribution in [0.1, 0.15) is 37.4 Å². The van der Waals surface area contributed by atoms with E-state index >= 15 is 0 Å². The first kappa shape index (κ1) is 14.7. The number of rotatable bonds is 4. The summed E-state index contributed by atoms with van der Waals surface area (Å²) >= 11 is 6.16. The van der Waals surface area contributed by atoms with Gasteiger partial charge in [-0.25, -0.2) is 13.8 Å². The van der Waals surface area contributed by atoms with E-state index in [1.54, 1.807) is 18.6 Å². The van der Waals surface area contributed by atoms with E-state index in [2.05, 4.69) is 4.98 Å². The number of nitrogens with zero attached hydrogens (tertiary/aromatic N) is 2. The average Bonchev–Trinajstić information content (AvgIpc) is 2.73. The number of fused-ring (bicyclic) bond motifs is 1. The fraction of sp³-hybridized carbons (Fsp3) is 0.533. The maximum atomic E-state index is 13.9. The Morgan fingerprint density at radius 1 is 1.43 bits per heavy atom. The van der Waals surface area contributed by atoms with Gasteiger partial charge >= 0.3 is 0 Å². The van der Waals surface area contributed by atoms with Crippen LogP contribution in [0.3, 0.4) is 0 Å². The summed E-state index contributed by atoms with van der Waals surface area (Å²) < 4.78 is 34.9. The maximum absolute atomic E-state index is 13.9. The Morgan fingerprint density at radius 2 is 2.14 bits per heavy atom. The zero-order valence-corrected chi connectivity index (χ0v) is 12.8. The molecule has 0 amide bonds. The van der Waals surface area contributed by atoms with Gasteiger partial charge in [-0.3, -0.25) is 0 Å². The lowest BCUT2D eigenvalue weighted by Crippen LogP contribution is -2.43. The molecule has 0 N–H and O–H groups in total. The molecule has 1 saturated carbocycles. The molecule has 6 heteroatoms. The summed E-state index contributed by atoms with van der Waals surface area (Å²) in [5.41, 5.74) is 0.305. The molecular formula is C15H17ClF2N2O. The second-order valence-electron chi connectivity index (χ2n) is 5.67. The van der Waals surface area contributed by atoms with Gasteiger partial charge in [-0.15, -0.1) is 11.6 Å². The minimum absolute atomic E-state index is 0.157. The van der Waals surface area contributed by atoms with Crippen LogP contribution in [-0.2, 0) is 11.3 Å². The summed E-state index contributed by atoms with van der Waals surface area (Å²) in [4.78, 5) is 4.26. The molecule has 1 aromatic carbocycles. The molecule has 2 aromatic rings. The quantitative estimate of drug-likeness (QED) is 0.791. The Bertz CT molecular complexity index is 674. The third-order valence-electron chi connectivity index (χ3n) is 4.30. The van der Waals surface area contributed by atoms with Crippen molar-refractivity contribution in [2.24, 2.45) is 0 Å². The van der Waals surface area contributed by atoms with Gasteiger partial charge in [0.1, 0.15) is 17.2 Å². The van der Waals surface area contributed by atoms with Crippen molar-refractivity contribution in [2.75, 3.05) is 7.11 Å². The molecule has 0 spiro atoms.